The Morgan fingerprint density at radius 1 is 1.19 bits per heavy atom. The zero-order valence-electron chi connectivity index (χ0n) is 13.6. The average molecular weight is 384 g/mol. The van der Waals surface area contributed by atoms with Crippen molar-refractivity contribution in [3.05, 3.63) is 64.0 Å². The van der Waals surface area contributed by atoms with Crippen molar-refractivity contribution in [1.82, 2.24) is 4.98 Å². The van der Waals surface area contributed by atoms with Gasteiger partial charge in [-0.25, -0.2) is 4.98 Å². The Balaban J connectivity index is 1.53. The predicted octanol–water partition coefficient (Wildman–Crippen LogP) is 4.60. The molecule has 4 rings (SSSR count). The van der Waals surface area contributed by atoms with Gasteiger partial charge in [0.1, 0.15) is 0 Å². The van der Waals surface area contributed by atoms with E-state index in [-0.39, 0.29) is 11.8 Å². The van der Waals surface area contributed by atoms with E-state index in [9.17, 15) is 9.59 Å². The largest absolute Gasteiger partial charge is 0.326 e. The van der Waals surface area contributed by atoms with Gasteiger partial charge in [0.2, 0.25) is 5.91 Å². The molecule has 2 heterocycles. The summed E-state index contributed by atoms with van der Waals surface area (Å²) in [7, 11) is 0. The van der Waals surface area contributed by atoms with Gasteiger partial charge >= 0.3 is 0 Å². The maximum Gasteiger partial charge on any atom is 0.257 e. The van der Waals surface area contributed by atoms with Crippen LogP contribution in [-0.2, 0) is 11.2 Å². The number of hydrogen-bond donors (Lipinski definition) is 2. The second-order valence-electron chi connectivity index (χ2n) is 5.92. The van der Waals surface area contributed by atoms with Gasteiger partial charge in [-0.05, 0) is 42.3 Å². The topological polar surface area (TPSA) is 71.1 Å². The summed E-state index contributed by atoms with van der Waals surface area (Å²) in [5.41, 5.74) is 4.18. The number of rotatable bonds is 3. The number of amides is 2. The SMILES string of the molecule is O=C1CCc2cc(-c3csc(NC(=O)c4cccc(Cl)c4)n3)ccc2N1. The van der Waals surface area contributed by atoms with Crippen molar-refractivity contribution in [2.24, 2.45) is 0 Å². The van der Waals surface area contributed by atoms with Crippen molar-refractivity contribution in [2.75, 3.05) is 10.6 Å². The second-order valence-corrected chi connectivity index (χ2v) is 7.22. The Morgan fingerprint density at radius 2 is 2.08 bits per heavy atom. The Labute approximate surface area is 159 Å². The third-order valence-corrected chi connectivity index (χ3v) is 5.10. The van der Waals surface area contributed by atoms with Crippen LogP contribution in [0.25, 0.3) is 11.3 Å². The monoisotopic (exact) mass is 383 g/mol. The van der Waals surface area contributed by atoms with Crippen molar-refractivity contribution in [2.45, 2.75) is 12.8 Å². The van der Waals surface area contributed by atoms with Gasteiger partial charge in [-0.3, -0.25) is 14.9 Å². The highest BCUT2D eigenvalue weighted by molar-refractivity contribution is 7.14. The van der Waals surface area contributed by atoms with Gasteiger partial charge in [0.25, 0.3) is 5.91 Å². The van der Waals surface area contributed by atoms with Crippen LogP contribution >= 0.6 is 22.9 Å². The molecule has 1 aromatic heterocycles. The molecule has 5 nitrogen and oxygen atoms in total. The first-order valence-electron chi connectivity index (χ1n) is 8.04. The fourth-order valence-corrected chi connectivity index (χ4v) is 3.71. The van der Waals surface area contributed by atoms with Gasteiger partial charge in [0, 0.05) is 33.6 Å². The van der Waals surface area contributed by atoms with E-state index >= 15 is 0 Å². The van der Waals surface area contributed by atoms with Crippen LogP contribution in [0.15, 0.2) is 47.8 Å². The molecule has 2 amide bonds. The summed E-state index contributed by atoms with van der Waals surface area (Å²) >= 11 is 7.29. The number of hydrogen-bond acceptors (Lipinski definition) is 4. The molecule has 1 aliphatic heterocycles. The Morgan fingerprint density at radius 3 is 2.92 bits per heavy atom. The maximum atomic E-state index is 12.3. The number of fused-ring (bicyclic) bond motifs is 1. The number of thiazole rings is 1. The standard InChI is InChI=1S/C19H14ClN3O2S/c20-14-3-1-2-13(9-14)18(25)23-19-22-16(10-26-19)12-4-6-15-11(8-12)5-7-17(24)21-15/h1-4,6,8-10H,5,7H2,(H,21,24)(H,22,23,25). The minimum Gasteiger partial charge on any atom is -0.326 e. The molecule has 0 atom stereocenters. The normalized spacial score (nSPS) is 13.0. The zero-order valence-corrected chi connectivity index (χ0v) is 15.2. The summed E-state index contributed by atoms with van der Waals surface area (Å²) in [4.78, 5) is 28.2. The Kier molecular flexibility index (Phi) is 4.44. The smallest absolute Gasteiger partial charge is 0.257 e. The number of carbonyl (C=O) groups excluding carboxylic acids is 2. The molecule has 26 heavy (non-hydrogen) atoms. The molecule has 0 saturated carbocycles. The first kappa shape index (κ1) is 16.8. The van der Waals surface area contributed by atoms with E-state index in [1.165, 1.54) is 11.3 Å². The predicted molar refractivity (Wildman–Crippen MR) is 104 cm³/mol. The van der Waals surface area contributed by atoms with Crippen LogP contribution in [0, 0.1) is 0 Å². The quantitative estimate of drug-likeness (QED) is 0.694. The maximum absolute atomic E-state index is 12.3. The van der Waals surface area contributed by atoms with Crippen LogP contribution in [-0.4, -0.2) is 16.8 Å². The molecule has 2 N–H and O–H groups in total. The lowest BCUT2D eigenvalue weighted by Crippen LogP contribution is -2.18. The molecule has 0 fully saturated rings. The zero-order chi connectivity index (χ0) is 18.1. The van der Waals surface area contributed by atoms with Gasteiger partial charge in [0.05, 0.1) is 5.69 Å². The summed E-state index contributed by atoms with van der Waals surface area (Å²) in [5.74, 6) is -0.202. The van der Waals surface area contributed by atoms with E-state index in [1.54, 1.807) is 24.3 Å². The minimum absolute atomic E-state index is 0.0462. The molecule has 0 bridgehead atoms. The summed E-state index contributed by atoms with van der Waals surface area (Å²) < 4.78 is 0. The number of anilines is 2. The minimum atomic E-state index is -0.249. The molecule has 7 heteroatoms. The van der Waals surface area contributed by atoms with Crippen molar-refractivity contribution in [3.63, 3.8) is 0 Å². The van der Waals surface area contributed by atoms with E-state index < -0.39 is 0 Å². The summed E-state index contributed by atoms with van der Waals surface area (Å²) in [6, 6.07) is 12.6. The lowest BCUT2D eigenvalue weighted by Gasteiger charge is -2.17. The van der Waals surface area contributed by atoms with Gasteiger partial charge in [-0.2, -0.15) is 0 Å². The molecule has 130 valence electrons. The third kappa shape index (κ3) is 3.47. The van der Waals surface area contributed by atoms with Gasteiger partial charge in [-0.15, -0.1) is 11.3 Å². The van der Waals surface area contributed by atoms with E-state index in [4.69, 9.17) is 11.6 Å². The average Bonchev–Trinajstić information content (AvgIpc) is 3.09. The molecule has 0 aliphatic carbocycles. The number of benzene rings is 2. The van der Waals surface area contributed by atoms with Crippen LogP contribution in [0.5, 0.6) is 0 Å². The van der Waals surface area contributed by atoms with E-state index in [0.29, 0.717) is 22.1 Å². The van der Waals surface area contributed by atoms with Crippen LogP contribution in [0.4, 0.5) is 10.8 Å². The van der Waals surface area contributed by atoms with Crippen LogP contribution < -0.4 is 10.6 Å². The Bertz CT molecular complexity index is 1020. The molecular weight excluding hydrogens is 370 g/mol. The third-order valence-electron chi connectivity index (χ3n) is 4.11. The number of aromatic nitrogens is 1. The van der Waals surface area contributed by atoms with E-state index in [1.807, 2.05) is 23.6 Å². The fraction of sp³-hybridized carbons (Fsp3) is 0.105. The van der Waals surface area contributed by atoms with Crippen LogP contribution in [0.3, 0.4) is 0 Å². The van der Waals surface area contributed by atoms with E-state index in [0.717, 1.165) is 28.9 Å². The molecule has 3 aromatic rings. The van der Waals surface area contributed by atoms with Gasteiger partial charge < -0.3 is 5.32 Å². The number of halogens is 1. The molecular formula is C19H14ClN3O2S. The molecule has 1 aliphatic rings. The van der Waals surface area contributed by atoms with Crippen LogP contribution in [0.1, 0.15) is 22.3 Å². The summed E-state index contributed by atoms with van der Waals surface area (Å²) in [6.45, 7) is 0. The van der Waals surface area contributed by atoms with E-state index in [2.05, 4.69) is 15.6 Å². The van der Waals surface area contributed by atoms with Crippen LogP contribution in [0.2, 0.25) is 5.02 Å². The second kappa shape index (κ2) is 6.90. The highest BCUT2D eigenvalue weighted by atomic mass is 35.5. The lowest BCUT2D eigenvalue weighted by atomic mass is 9.99. The lowest BCUT2D eigenvalue weighted by molar-refractivity contribution is -0.116. The van der Waals surface area contributed by atoms with Crippen molar-refractivity contribution < 1.29 is 9.59 Å². The first-order chi connectivity index (χ1) is 12.6. The fourth-order valence-electron chi connectivity index (χ4n) is 2.81. The first-order valence-corrected chi connectivity index (χ1v) is 9.30. The molecule has 0 unspecified atom stereocenters. The molecule has 0 saturated heterocycles. The molecule has 2 aromatic carbocycles. The number of aryl methyl sites for hydroxylation is 1. The molecule has 0 spiro atoms. The molecule has 0 radical (unpaired) electrons. The van der Waals surface area contributed by atoms with Crippen molar-refractivity contribution in [1.29, 1.82) is 0 Å². The number of nitrogens with one attached hydrogen (secondary N) is 2. The summed E-state index contributed by atoms with van der Waals surface area (Å²) in [5, 5.41) is 8.60. The number of carbonyl (C=O) groups is 2. The highest BCUT2D eigenvalue weighted by Gasteiger charge is 2.16. The van der Waals surface area contributed by atoms with Crippen molar-refractivity contribution in [3.8, 4) is 11.3 Å². The summed E-state index contributed by atoms with van der Waals surface area (Å²) in [6.07, 6.45) is 1.21. The number of nitrogens with zero attached hydrogens (tertiary/aromatic N) is 1. The highest BCUT2D eigenvalue weighted by Crippen LogP contribution is 2.30. The Hall–Kier alpha value is -2.70. The van der Waals surface area contributed by atoms with Crippen molar-refractivity contribution >= 4 is 45.6 Å². The van der Waals surface area contributed by atoms with Gasteiger partial charge in [-0.1, -0.05) is 23.7 Å². The van der Waals surface area contributed by atoms with Gasteiger partial charge in [0.15, 0.2) is 5.13 Å².